The van der Waals surface area contributed by atoms with Crippen molar-refractivity contribution < 1.29 is 9.53 Å². The molecular weight excluding hydrogens is 274 g/mol. The molecular formula is C10H16BrN3O2. The molecule has 1 aromatic heterocycles. The van der Waals surface area contributed by atoms with Gasteiger partial charge in [0.1, 0.15) is 5.60 Å². The number of ether oxygens (including phenoxy) is 1. The molecule has 1 aromatic rings. The van der Waals surface area contributed by atoms with Gasteiger partial charge in [0.25, 0.3) is 0 Å². The van der Waals surface area contributed by atoms with E-state index in [1.165, 1.54) is 4.68 Å². The molecule has 1 heterocycles. The first-order valence-corrected chi connectivity index (χ1v) is 5.70. The van der Waals surface area contributed by atoms with E-state index < -0.39 is 11.6 Å². The third-order valence-corrected chi connectivity index (χ3v) is 2.67. The minimum atomic E-state index is -0.524. The molecule has 0 aromatic carbocycles. The first kappa shape index (κ1) is 13.2. The average Bonchev–Trinajstić information content (AvgIpc) is 2.38. The molecule has 6 heteroatoms. The zero-order valence-electron chi connectivity index (χ0n) is 9.87. The summed E-state index contributed by atoms with van der Waals surface area (Å²) in [4.78, 5) is 11.9. The summed E-state index contributed by atoms with van der Waals surface area (Å²) >= 11 is 3.31. The zero-order chi connectivity index (χ0) is 12.5. The predicted molar refractivity (Wildman–Crippen MR) is 64.0 cm³/mol. The number of halogens is 1. The number of hydrogen-bond donors (Lipinski definition) is 1. The summed E-state index contributed by atoms with van der Waals surface area (Å²) in [6.07, 6.45) is 0. The van der Waals surface area contributed by atoms with E-state index in [-0.39, 0.29) is 6.54 Å². The highest BCUT2D eigenvalue weighted by Gasteiger charge is 2.25. The van der Waals surface area contributed by atoms with Gasteiger partial charge < -0.3 is 10.5 Å². The van der Waals surface area contributed by atoms with Gasteiger partial charge in [0, 0.05) is 13.6 Å². The average molecular weight is 290 g/mol. The van der Waals surface area contributed by atoms with Gasteiger partial charge in [-0.25, -0.2) is 4.79 Å². The third-order valence-electron chi connectivity index (χ3n) is 1.84. The summed E-state index contributed by atoms with van der Waals surface area (Å²) < 4.78 is 7.35. The molecule has 2 N–H and O–H groups in total. The molecule has 0 spiro atoms. The van der Waals surface area contributed by atoms with E-state index in [1.807, 2.05) is 20.8 Å². The Kier molecular flexibility index (Phi) is 3.75. The first-order chi connectivity index (χ1) is 7.26. The van der Waals surface area contributed by atoms with Crippen LogP contribution in [-0.2, 0) is 18.3 Å². The molecule has 0 saturated heterocycles. The molecule has 0 amide bonds. The lowest BCUT2D eigenvalue weighted by Gasteiger charge is -2.19. The van der Waals surface area contributed by atoms with E-state index in [4.69, 9.17) is 10.5 Å². The van der Waals surface area contributed by atoms with Gasteiger partial charge in [0.05, 0.1) is 10.2 Å². The Balaban J connectivity index is 3.04. The van der Waals surface area contributed by atoms with Crippen LogP contribution in [-0.4, -0.2) is 21.4 Å². The number of nitrogens with two attached hydrogens (primary N) is 1. The topological polar surface area (TPSA) is 70.1 Å². The van der Waals surface area contributed by atoms with Crippen molar-refractivity contribution in [1.29, 1.82) is 0 Å². The van der Waals surface area contributed by atoms with Gasteiger partial charge >= 0.3 is 5.97 Å². The molecule has 0 saturated carbocycles. The van der Waals surface area contributed by atoms with Gasteiger partial charge in [0.15, 0.2) is 5.69 Å². The van der Waals surface area contributed by atoms with Crippen molar-refractivity contribution in [2.24, 2.45) is 12.8 Å². The van der Waals surface area contributed by atoms with Crippen molar-refractivity contribution in [1.82, 2.24) is 9.78 Å². The van der Waals surface area contributed by atoms with Crippen LogP contribution in [0.4, 0.5) is 0 Å². The fraction of sp³-hybridized carbons (Fsp3) is 0.600. The maximum atomic E-state index is 11.9. The van der Waals surface area contributed by atoms with Crippen molar-refractivity contribution in [3.05, 3.63) is 15.9 Å². The van der Waals surface area contributed by atoms with Crippen LogP contribution in [0, 0.1) is 0 Å². The summed E-state index contributed by atoms with van der Waals surface area (Å²) in [5.41, 5.74) is 6.00. The number of carbonyl (C=O) groups is 1. The van der Waals surface area contributed by atoms with Crippen molar-refractivity contribution >= 4 is 21.9 Å². The van der Waals surface area contributed by atoms with E-state index >= 15 is 0 Å². The van der Waals surface area contributed by atoms with E-state index in [1.54, 1.807) is 7.05 Å². The molecule has 16 heavy (non-hydrogen) atoms. The predicted octanol–water partition coefficient (Wildman–Crippen LogP) is 1.60. The quantitative estimate of drug-likeness (QED) is 0.840. The molecule has 0 bridgehead atoms. The first-order valence-electron chi connectivity index (χ1n) is 4.91. The molecule has 0 fully saturated rings. The number of aromatic nitrogens is 2. The number of aryl methyl sites for hydroxylation is 1. The maximum absolute atomic E-state index is 11.9. The number of hydrogen-bond acceptors (Lipinski definition) is 4. The summed E-state index contributed by atoms with van der Waals surface area (Å²) in [5, 5.41) is 4.12. The Morgan fingerprint density at radius 1 is 1.56 bits per heavy atom. The summed E-state index contributed by atoms with van der Waals surface area (Å²) in [5.74, 6) is -0.408. The third kappa shape index (κ3) is 2.82. The second-order valence-electron chi connectivity index (χ2n) is 4.44. The smallest absolute Gasteiger partial charge is 0.358 e. The molecule has 0 radical (unpaired) electrons. The zero-order valence-corrected chi connectivity index (χ0v) is 11.5. The lowest BCUT2D eigenvalue weighted by Crippen LogP contribution is -2.25. The maximum Gasteiger partial charge on any atom is 0.358 e. The van der Waals surface area contributed by atoms with Crippen LogP contribution >= 0.6 is 15.9 Å². The van der Waals surface area contributed by atoms with Gasteiger partial charge in [-0.15, -0.1) is 0 Å². The van der Waals surface area contributed by atoms with Gasteiger partial charge in [-0.1, -0.05) is 0 Å². The molecule has 0 aliphatic heterocycles. The second kappa shape index (κ2) is 4.55. The van der Waals surface area contributed by atoms with Crippen LogP contribution < -0.4 is 5.73 Å². The fourth-order valence-corrected chi connectivity index (χ4v) is 1.89. The molecule has 0 aliphatic carbocycles. The van der Waals surface area contributed by atoms with Gasteiger partial charge in [-0.05, 0) is 36.7 Å². The highest BCUT2D eigenvalue weighted by molar-refractivity contribution is 9.10. The summed E-state index contributed by atoms with van der Waals surface area (Å²) in [6.45, 7) is 5.73. The lowest BCUT2D eigenvalue weighted by molar-refractivity contribution is 0.00565. The Hall–Kier alpha value is -0.880. The number of carbonyl (C=O) groups excluding carboxylic acids is 1. The van der Waals surface area contributed by atoms with Gasteiger partial charge in [-0.2, -0.15) is 5.10 Å². The molecule has 90 valence electrons. The van der Waals surface area contributed by atoms with Crippen LogP contribution in [0.25, 0.3) is 0 Å². The van der Waals surface area contributed by atoms with Crippen molar-refractivity contribution in [3.8, 4) is 0 Å². The van der Waals surface area contributed by atoms with Crippen LogP contribution in [0.1, 0.15) is 37.0 Å². The normalized spacial score (nSPS) is 11.6. The molecule has 1 rings (SSSR count). The van der Waals surface area contributed by atoms with E-state index in [0.29, 0.717) is 15.9 Å². The molecule has 5 nitrogen and oxygen atoms in total. The molecule has 0 atom stereocenters. The van der Waals surface area contributed by atoms with Crippen LogP contribution in [0.3, 0.4) is 0 Å². The number of nitrogens with zero attached hydrogens (tertiary/aromatic N) is 2. The molecule has 0 aliphatic rings. The second-order valence-corrected chi connectivity index (χ2v) is 5.23. The summed E-state index contributed by atoms with van der Waals surface area (Å²) in [7, 11) is 1.68. The monoisotopic (exact) mass is 289 g/mol. The largest absolute Gasteiger partial charge is 0.455 e. The van der Waals surface area contributed by atoms with E-state index in [0.717, 1.165) is 0 Å². The van der Waals surface area contributed by atoms with Gasteiger partial charge in [-0.3, -0.25) is 4.68 Å². The van der Waals surface area contributed by atoms with E-state index in [9.17, 15) is 4.79 Å². The van der Waals surface area contributed by atoms with Crippen molar-refractivity contribution in [3.63, 3.8) is 0 Å². The lowest BCUT2D eigenvalue weighted by atomic mass is 10.2. The highest BCUT2D eigenvalue weighted by Crippen LogP contribution is 2.23. The standard InChI is InChI=1S/C10H16BrN3O2/c1-10(2,3)16-9(15)8-7(11)6(5-12)13-14(8)4/h5,12H2,1-4H3. The minimum absolute atomic E-state index is 0.275. The van der Waals surface area contributed by atoms with Gasteiger partial charge in [0.2, 0.25) is 0 Å². The molecule has 0 unspecified atom stereocenters. The van der Waals surface area contributed by atoms with Crippen LogP contribution in [0.15, 0.2) is 4.47 Å². The van der Waals surface area contributed by atoms with Crippen LogP contribution in [0.2, 0.25) is 0 Å². The van der Waals surface area contributed by atoms with Crippen LogP contribution in [0.5, 0.6) is 0 Å². The Labute approximate surface area is 103 Å². The highest BCUT2D eigenvalue weighted by atomic mass is 79.9. The Morgan fingerprint density at radius 3 is 2.50 bits per heavy atom. The Bertz CT molecular complexity index is 407. The van der Waals surface area contributed by atoms with Crippen molar-refractivity contribution in [2.45, 2.75) is 32.9 Å². The number of rotatable bonds is 2. The summed E-state index contributed by atoms with van der Waals surface area (Å²) in [6, 6.07) is 0. The number of esters is 1. The minimum Gasteiger partial charge on any atom is -0.455 e. The SMILES string of the molecule is Cn1nc(CN)c(Br)c1C(=O)OC(C)(C)C. The Morgan fingerprint density at radius 2 is 2.12 bits per heavy atom. The van der Waals surface area contributed by atoms with Crippen molar-refractivity contribution in [2.75, 3.05) is 0 Å². The van der Waals surface area contributed by atoms with E-state index in [2.05, 4.69) is 21.0 Å². The fourth-order valence-electron chi connectivity index (χ4n) is 1.23.